The monoisotopic (exact) mass is 439 g/mol. The van der Waals surface area contributed by atoms with E-state index in [0.717, 1.165) is 33.7 Å². The summed E-state index contributed by atoms with van der Waals surface area (Å²) in [5.41, 5.74) is 10.1. The number of pyridine rings is 1. The molecule has 166 valence electrons. The molecule has 0 unspecified atom stereocenters. The van der Waals surface area contributed by atoms with Crippen LogP contribution in [0.25, 0.3) is 27.9 Å². The maximum absolute atomic E-state index is 12.1. The highest BCUT2D eigenvalue weighted by Crippen LogP contribution is 2.33. The van der Waals surface area contributed by atoms with Gasteiger partial charge in [0.1, 0.15) is 17.0 Å². The molecule has 0 bridgehead atoms. The van der Waals surface area contributed by atoms with Crippen LogP contribution in [0.1, 0.15) is 35.8 Å². The topological polar surface area (TPSA) is 94.3 Å². The smallest absolute Gasteiger partial charge is 0.254 e. The Morgan fingerprint density at radius 1 is 1.12 bits per heavy atom. The molecule has 0 spiro atoms. The van der Waals surface area contributed by atoms with Crippen LogP contribution in [0.5, 0.6) is 0 Å². The van der Waals surface area contributed by atoms with Gasteiger partial charge >= 0.3 is 0 Å². The fourth-order valence-electron chi connectivity index (χ4n) is 4.15. The van der Waals surface area contributed by atoms with Crippen molar-refractivity contribution >= 4 is 28.4 Å². The maximum Gasteiger partial charge on any atom is 0.254 e. The Bertz CT molecular complexity index is 1470. The Morgan fingerprint density at radius 3 is 2.64 bits per heavy atom. The predicted molar refractivity (Wildman–Crippen MR) is 129 cm³/mol. The average molecular weight is 440 g/mol. The molecular weight excluding hydrogens is 414 g/mol. The molecular formula is C25H25N7O. The predicted octanol–water partition coefficient (Wildman–Crippen LogP) is 4.06. The van der Waals surface area contributed by atoms with Crippen LogP contribution >= 0.6 is 0 Å². The van der Waals surface area contributed by atoms with Crippen molar-refractivity contribution in [1.29, 1.82) is 0 Å². The Labute approximate surface area is 191 Å². The molecule has 4 aromatic heterocycles. The molecule has 1 aromatic carbocycles. The van der Waals surface area contributed by atoms with Crippen molar-refractivity contribution in [1.82, 2.24) is 24.1 Å². The standard InChI is InChI=1S/C25H25N7O/c1-16(2)31-15-20(18-10-7-11-27-24(18)31)21-12-22(30(3)14-17-8-5-4-6-9-17)32-25(29-21)19(13-28-32)23(26)33/h4-13,15-16H,14H2,1-3H3,(H2,26,33). The zero-order valence-electron chi connectivity index (χ0n) is 18.8. The number of aromatic nitrogens is 5. The number of rotatable bonds is 6. The number of fused-ring (bicyclic) bond motifs is 2. The quantitative estimate of drug-likeness (QED) is 0.431. The first kappa shape index (κ1) is 20.7. The van der Waals surface area contributed by atoms with Gasteiger partial charge in [-0.1, -0.05) is 30.3 Å². The van der Waals surface area contributed by atoms with Gasteiger partial charge in [0.25, 0.3) is 5.91 Å². The van der Waals surface area contributed by atoms with Crippen LogP contribution in [-0.4, -0.2) is 37.1 Å². The SMILES string of the molecule is CC(C)n1cc(-c2cc(N(C)Cc3ccccc3)n3ncc(C(N)=O)c3n2)c2cccnc21. The summed E-state index contributed by atoms with van der Waals surface area (Å²) in [5.74, 6) is 0.248. The van der Waals surface area contributed by atoms with Crippen LogP contribution in [0.2, 0.25) is 0 Å². The van der Waals surface area contributed by atoms with Gasteiger partial charge < -0.3 is 15.2 Å². The Morgan fingerprint density at radius 2 is 1.91 bits per heavy atom. The summed E-state index contributed by atoms with van der Waals surface area (Å²) in [5, 5.41) is 5.43. The first-order valence-corrected chi connectivity index (χ1v) is 10.8. The molecule has 4 heterocycles. The van der Waals surface area contributed by atoms with E-state index in [1.807, 2.05) is 43.4 Å². The molecule has 0 radical (unpaired) electrons. The Hall–Kier alpha value is -4.20. The zero-order chi connectivity index (χ0) is 23.1. The van der Waals surface area contributed by atoms with Gasteiger partial charge in [-0.3, -0.25) is 4.79 Å². The number of primary amides is 1. The summed E-state index contributed by atoms with van der Waals surface area (Å²) >= 11 is 0. The first-order valence-electron chi connectivity index (χ1n) is 10.8. The minimum atomic E-state index is -0.558. The summed E-state index contributed by atoms with van der Waals surface area (Å²) in [4.78, 5) is 23.6. The lowest BCUT2D eigenvalue weighted by atomic mass is 10.1. The second-order valence-electron chi connectivity index (χ2n) is 8.42. The lowest BCUT2D eigenvalue weighted by Crippen LogP contribution is -2.20. The van der Waals surface area contributed by atoms with Gasteiger partial charge in [-0.05, 0) is 31.5 Å². The molecule has 5 rings (SSSR count). The number of amides is 1. The molecule has 0 aliphatic rings. The van der Waals surface area contributed by atoms with Crippen LogP contribution in [0.4, 0.5) is 5.82 Å². The third-order valence-corrected chi connectivity index (χ3v) is 5.79. The number of nitrogens with two attached hydrogens (primary N) is 1. The number of hydrogen-bond acceptors (Lipinski definition) is 5. The summed E-state index contributed by atoms with van der Waals surface area (Å²) in [6.45, 7) is 4.91. The number of nitrogens with zero attached hydrogens (tertiary/aromatic N) is 6. The highest BCUT2D eigenvalue weighted by molar-refractivity contribution is 6.00. The van der Waals surface area contributed by atoms with E-state index in [4.69, 9.17) is 10.7 Å². The van der Waals surface area contributed by atoms with Gasteiger partial charge in [-0.25, -0.2) is 9.97 Å². The molecule has 1 amide bonds. The largest absolute Gasteiger partial charge is 0.365 e. The van der Waals surface area contributed by atoms with E-state index < -0.39 is 5.91 Å². The fraction of sp³-hybridized carbons (Fsp3) is 0.200. The number of anilines is 1. The van der Waals surface area contributed by atoms with Crippen molar-refractivity contribution in [3.8, 4) is 11.3 Å². The molecule has 0 saturated heterocycles. The van der Waals surface area contributed by atoms with E-state index >= 15 is 0 Å². The number of hydrogen-bond donors (Lipinski definition) is 1. The first-order chi connectivity index (χ1) is 15.9. The van der Waals surface area contributed by atoms with E-state index in [1.165, 1.54) is 6.20 Å². The highest BCUT2D eigenvalue weighted by atomic mass is 16.1. The van der Waals surface area contributed by atoms with E-state index in [2.05, 4.69) is 51.7 Å². The second kappa shape index (κ2) is 8.05. The summed E-state index contributed by atoms with van der Waals surface area (Å²) < 4.78 is 3.81. The highest BCUT2D eigenvalue weighted by Gasteiger charge is 2.21. The summed E-state index contributed by atoms with van der Waals surface area (Å²) in [6, 6.07) is 16.4. The van der Waals surface area contributed by atoms with Gasteiger partial charge in [0.15, 0.2) is 5.65 Å². The van der Waals surface area contributed by atoms with Crippen molar-refractivity contribution in [3.05, 3.63) is 78.2 Å². The van der Waals surface area contributed by atoms with Crippen molar-refractivity contribution in [2.75, 3.05) is 11.9 Å². The molecule has 2 N–H and O–H groups in total. The Kier molecular flexibility index (Phi) is 5.05. The number of benzene rings is 1. The minimum Gasteiger partial charge on any atom is -0.365 e. The van der Waals surface area contributed by atoms with E-state index in [9.17, 15) is 4.79 Å². The van der Waals surface area contributed by atoms with Crippen LogP contribution in [-0.2, 0) is 6.54 Å². The molecule has 8 nitrogen and oxygen atoms in total. The average Bonchev–Trinajstić information content (AvgIpc) is 3.41. The third-order valence-electron chi connectivity index (χ3n) is 5.79. The molecule has 0 fully saturated rings. The molecule has 0 aliphatic carbocycles. The van der Waals surface area contributed by atoms with Crippen molar-refractivity contribution in [2.24, 2.45) is 5.73 Å². The van der Waals surface area contributed by atoms with Gasteiger partial charge in [0, 0.05) is 49.0 Å². The fourth-order valence-corrected chi connectivity index (χ4v) is 4.15. The van der Waals surface area contributed by atoms with E-state index in [0.29, 0.717) is 12.2 Å². The van der Waals surface area contributed by atoms with Crippen molar-refractivity contribution in [2.45, 2.75) is 26.4 Å². The van der Waals surface area contributed by atoms with Gasteiger partial charge in [0.05, 0.1) is 11.9 Å². The second-order valence-corrected chi connectivity index (χ2v) is 8.42. The summed E-state index contributed by atoms with van der Waals surface area (Å²) in [6.07, 6.45) is 5.35. The van der Waals surface area contributed by atoms with E-state index in [-0.39, 0.29) is 11.6 Å². The lowest BCUT2D eigenvalue weighted by Gasteiger charge is -2.21. The van der Waals surface area contributed by atoms with Gasteiger partial charge in [-0.2, -0.15) is 9.61 Å². The molecule has 0 saturated carbocycles. The van der Waals surface area contributed by atoms with Crippen LogP contribution < -0.4 is 10.6 Å². The molecule has 0 aliphatic heterocycles. The normalized spacial score (nSPS) is 11.5. The van der Waals surface area contributed by atoms with Crippen molar-refractivity contribution < 1.29 is 4.79 Å². The lowest BCUT2D eigenvalue weighted by molar-refractivity contribution is 0.100. The van der Waals surface area contributed by atoms with E-state index in [1.54, 1.807) is 10.7 Å². The molecule has 33 heavy (non-hydrogen) atoms. The van der Waals surface area contributed by atoms with Gasteiger partial charge in [-0.15, -0.1) is 0 Å². The summed E-state index contributed by atoms with van der Waals surface area (Å²) in [7, 11) is 2.00. The van der Waals surface area contributed by atoms with Crippen LogP contribution in [0, 0.1) is 0 Å². The molecule has 8 heteroatoms. The third kappa shape index (κ3) is 3.59. The van der Waals surface area contributed by atoms with Crippen LogP contribution in [0.15, 0.2) is 67.1 Å². The molecule has 5 aromatic rings. The zero-order valence-corrected chi connectivity index (χ0v) is 18.8. The number of carbonyl (C=O) groups is 1. The molecule has 0 atom stereocenters. The Balaban J connectivity index is 1.73. The van der Waals surface area contributed by atoms with Crippen molar-refractivity contribution in [3.63, 3.8) is 0 Å². The van der Waals surface area contributed by atoms with Crippen LogP contribution in [0.3, 0.4) is 0 Å². The maximum atomic E-state index is 12.1. The number of carbonyl (C=O) groups excluding carboxylic acids is 1. The minimum absolute atomic E-state index is 0.233. The van der Waals surface area contributed by atoms with Gasteiger partial charge in [0.2, 0.25) is 0 Å².